The number of aliphatic hydroxyl groups is 2. The van der Waals surface area contributed by atoms with Gasteiger partial charge in [-0.25, -0.2) is 9.97 Å². The molecule has 0 bridgehead atoms. The Morgan fingerprint density at radius 1 is 1.29 bits per heavy atom. The van der Waals surface area contributed by atoms with Crippen LogP contribution in [-0.4, -0.2) is 32.8 Å². The number of nitrogens with two attached hydrogens (primary N) is 1. The molecule has 1 aromatic carbocycles. The van der Waals surface area contributed by atoms with E-state index in [2.05, 4.69) is 9.97 Å². The van der Waals surface area contributed by atoms with Crippen LogP contribution in [0.25, 0.3) is 10.9 Å². The van der Waals surface area contributed by atoms with Gasteiger partial charge >= 0.3 is 0 Å². The van der Waals surface area contributed by atoms with E-state index in [1.165, 1.54) is 6.33 Å². The minimum atomic E-state index is -1.04. The van der Waals surface area contributed by atoms with Crippen LogP contribution in [-0.2, 0) is 0 Å². The molecule has 2 rings (SSSR count). The predicted molar refractivity (Wildman–Crippen MR) is 64.6 cm³/mol. The van der Waals surface area contributed by atoms with Crippen LogP contribution in [0.1, 0.15) is 11.7 Å². The topological polar surface area (TPSA) is 92.3 Å². The van der Waals surface area contributed by atoms with Gasteiger partial charge < -0.3 is 15.9 Å². The molecule has 2 aromatic rings. The molecule has 2 unspecified atom stereocenters. The summed E-state index contributed by atoms with van der Waals surface area (Å²) in [4.78, 5) is 7.90. The van der Waals surface area contributed by atoms with Crippen molar-refractivity contribution in [3.8, 4) is 0 Å². The minimum Gasteiger partial charge on any atom is -0.389 e. The van der Waals surface area contributed by atoms with E-state index in [1.807, 2.05) is 0 Å². The molecule has 0 spiro atoms. The van der Waals surface area contributed by atoms with E-state index in [1.54, 1.807) is 18.2 Å². The zero-order valence-electron chi connectivity index (χ0n) is 8.92. The summed E-state index contributed by atoms with van der Waals surface area (Å²) in [5.41, 5.74) is 6.51. The number of hydrogen-bond donors (Lipinski definition) is 3. The number of aromatic nitrogens is 2. The fraction of sp³-hybridized carbons (Fsp3) is 0.273. The molecule has 0 aliphatic carbocycles. The average Bonchev–Trinajstić information content (AvgIpc) is 2.37. The van der Waals surface area contributed by atoms with Crippen molar-refractivity contribution >= 4 is 22.5 Å². The molecule has 1 heterocycles. The zero-order chi connectivity index (χ0) is 12.4. The largest absolute Gasteiger partial charge is 0.389 e. The van der Waals surface area contributed by atoms with Crippen LogP contribution in [0.4, 0.5) is 0 Å². The van der Waals surface area contributed by atoms with E-state index < -0.39 is 12.2 Å². The van der Waals surface area contributed by atoms with Crippen LogP contribution in [0.2, 0.25) is 5.15 Å². The number of hydrogen-bond acceptors (Lipinski definition) is 5. The van der Waals surface area contributed by atoms with Crippen molar-refractivity contribution in [3.63, 3.8) is 0 Å². The van der Waals surface area contributed by atoms with Crippen LogP contribution in [0, 0.1) is 0 Å². The molecular formula is C11H12ClN3O2. The molecule has 0 amide bonds. The van der Waals surface area contributed by atoms with Crippen molar-refractivity contribution in [1.82, 2.24) is 9.97 Å². The van der Waals surface area contributed by atoms with Gasteiger partial charge in [0.25, 0.3) is 0 Å². The molecule has 6 heteroatoms. The van der Waals surface area contributed by atoms with Gasteiger partial charge in [-0.1, -0.05) is 17.7 Å². The summed E-state index contributed by atoms with van der Waals surface area (Å²) < 4.78 is 0. The van der Waals surface area contributed by atoms with Crippen LogP contribution in [0.15, 0.2) is 24.5 Å². The van der Waals surface area contributed by atoms with Crippen molar-refractivity contribution < 1.29 is 10.2 Å². The van der Waals surface area contributed by atoms with Gasteiger partial charge in [-0.05, 0) is 17.7 Å². The van der Waals surface area contributed by atoms with Crippen LogP contribution in [0.3, 0.4) is 0 Å². The fourth-order valence-electron chi connectivity index (χ4n) is 1.58. The highest BCUT2D eigenvalue weighted by molar-refractivity contribution is 6.34. The molecule has 2 atom stereocenters. The zero-order valence-corrected chi connectivity index (χ0v) is 9.67. The molecular weight excluding hydrogens is 242 g/mol. The first kappa shape index (κ1) is 12.2. The smallest absolute Gasteiger partial charge is 0.140 e. The van der Waals surface area contributed by atoms with E-state index in [0.29, 0.717) is 21.6 Å². The molecule has 0 aliphatic rings. The van der Waals surface area contributed by atoms with Crippen molar-refractivity contribution in [2.45, 2.75) is 12.2 Å². The normalized spacial score (nSPS) is 14.8. The summed E-state index contributed by atoms with van der Waals surface area (Å²) >= 11 is 5.93. The summed E-state index contributed by atoms with van der Waals surface area (Å²) in [7, 11) is 0. The van der Waals surface area contributed by atoms with Crippen LogP contribution in [0.5, 0.6) is 0 Å². The minimum absolute atomic E-state index is 0.0156. The van der Waals surface area contributed by atoms with Gasteiger partial charge in [-0.2, -0.15) is 0 Å². The average molecular weight is 254 g/mol. The lowest BCUT2D eigenvalue weighted by molar-refractivity contribution is 0.0244. The molecule has 17 heavy (non-hydrogen) atoms. The third-order valence-electron chi connectivity index (χ3n) is 2.56. The molecule has 5 nitrogen and oxygen atoms in total. The molecule has 0 saturated heterocycles. The van der Waals surface area contributed by atoms with Crippen LogP contribution < -0.4 is 5.73 Å². The number of nitrogens with zero attached hydrogens (tertiary/aromatic N) is 2. The number of rotatable bonds is 3. The lowest BCUT2D eigenvalue weighted by Crippen LogP contribution is -2.27. The summed E-state index contributed by atoms with van der Waals surface area (Å²) in [6.45, 7) is -0.0156. The summed E-state index contributed by atoms with van der Waals surface area (Å²) in [5.74, 6) is 0. The fourth-order valence-corrected chi connectivity index (χ4v) is 1.77. The lowest BCUT2D eigenvalue weighted by atomic mass is 10.0. The summed E-state index contributed by atoms with van der Waals surface area (Å²) in [6, 6.07) is 5.04. The van der Waals surface area contributed by atoms with Gasteiger partial charge in [0.05, 0.1) is 11.6 Å². The van der Waals surface area contributed by atoms with Crippen LogP contribution >= 0.6 is 11.6 Å². The van der Waals surface area contributed by atoms with Crippen molar-refractivity contribution in [2.24, 2.45) is 5.73 Å². The molecule has 0 radical (unpaired) electrons. The second-order valence-corrected chi connectivity index (χ2v) is 4.05. The number of halogens is 1. The maximum atomic E-state index is 9.83. The Hall–Kier alpha value is -1.27. The molecule has 1 aromatic heterocycles. The second kappa shape index (κ2) is 4.93. The molecule has 0 saturated carbocycles. The Morgan fingerprint density at radius 2 is 2.06 bits per heavy atom. The first-order valence-electron chi connectivity index (χ1n) is 5.10. The number of benzene rings is 1. The lowest BCUT2D eigenvalue weighted by Gasteiger charge is -2.16. The molecule has 90 valence electrons. The Bertz CT molecular complexity index is 535. The van der Waals surface area contributed by atoms with Crippen molar-refractivity contribution in [1.29, 1.82) is 0 Å². The van der Waals surface area contributed by atoms with Gasteiger partial charge in [0, 0.05) is 11.9 Å². The SMILES string of the molecule is NCC(O)C(O)c1ccc2ncnc(Cl)c2c1. The number of fused-ring (bicyclic) bond motifs is 1. The Labute approximate surface area is 103 Å². The van der Waals surface area contributed by atoms with E-state index >= 15 is 0 Å². The van der Waals surface area contributed by atoms with Gasteiger partial charge in [0.2, 0.25) is 0 Å². The Morgan fingerprint density at radius 3 is 2.76 bits per heavy atom. The van der Waals surface area contributed by atoms with E-state index in [-0.39, 0.29) is 6.54 Å². The first-order valence-corrected chi connectivity index (χ1v) is 5.47. The monoisotopic (exact) mass is 253 g/mol. The summed E-state index contributed by atoms with van der Waals surface area (Å²) in [6.07, 6.45) is -0.674. The molecule has 4 N–H and O–H groups in total. The van der Waals surface area contributed by atoms with Crippen molar-refractivity contribution in [3.05, 3.63) is 35.2 Å². The maximum Gasteiger partial charge on any atom is 0.140 e. The van der Waals surface area contributed by atoms with E-state index in [4.69, 9.17) is 17.3 Å². The Kier molecular flexibility index (Phi) is 3.54. The van der Waals surface area contributed by atoms with Gasteiger partial charge in [0.1, 0.15) is 17.6 Å². The van der Waals surface area contributed by atoms with E-state index in [9.17, 15) is 10.2 Å². The first-order chi connectivity index (χ1) is 8.13. The van der Waals surface area contributed by atoms with Gasteiger partial charge in [0.15, 0.2) is 0 Å². The number of aliphatic hydroxyl groups excluding tert-OH is 2. The predicted octanol–water partition coefficient (Wildman–Crippen LogP) is 0.636. The highest BCUT2D eigenvalue weighted by Crippen LogP contribution is 2.24. The van der Waals surface area contributed by atoms with E-state index in [0.717, 1.165) is 0 Å². The molecule has 0 fully saturated rings. The summed E-state index contributed by atoms with van der Waals surface area (Å²) in [5, 5.41) is 20.3. The third-order valence-corrected chi connectivity index (χ3v) is 2.86. The quantitative estimate of drug-likeness (QED) is 0.698. The highest BCUT2D eigenvalue weighted by atomic mass is 35.5. The molecule has 0 aliphatic heterocycles. The standard InChI is InChI=1S/C11H12ClN3O2/c12-11-7-3-6(10(17)9(16)4-13)1-2-8(7)14-5-15-11/h1-3,5,9-10,16-17H,4,13H2. The van der Waals surface area contributed by atoms with Gasteiger partial charge in [-0.3, -0.25) is 0 Å². The highest BCUT2D eigenvalue weighted by Gasteiger charge is 2.17. The van der Waals surface area contributed by atoms with Gasteiger partial charge in [-0.15, -0.1) is 0 Å². The Balaban J connectivity index is 2.47. The second-order valence-electron chi connectivity index (χ2n) is 3.69. The van der Waals surface area contributed by atoms with Crippen molar-refractivity contribution in [2.75, 3.05) is 6.54 Å². The third kappa shape index (κ3) is 2.37. The maximum absolute atomic E-state index is 9.83.